The van der Waals surface area contributed by atoms with Crippen LogP contribution in [0.5, 0.6) is 0 Å². The van der Waals surface area contributed by atoms with E-state index in [1.807, 2.05) is 6.07 Å². The molecule has 0 saturated carbocycles. The summed E-state index contributed by atoms with van der Waals surface area (Å²) in [6.45, 7) is 0. The van der Waals surface area contributed by atoms with E-state index in [9.17, 15) is 9.59 Å². The number of carboxylic acids is 1. The van der Waals surface area contributed by atoms with Gasteiger partial charge in [-0.3, -0.25) is 9.59 Å². The highest BCUT2D eigenvalue weighted by Gasteiger charge is 2.11. The molecule has 1 heterocycles. The number of nitriles is 1. The molecule has 1 atom stereocenters. The fourth-order valence-corrected chi connectivity index (χ4v) is 2.99. The summed E-state index contributed by atoms with van der Waals surface area (Å²) in [4.78, 5) is 22.1. The van der Waals surface area contributed by atoms with Gasteiger partial charge in [-0.2, -0.15) is 17.0 Å². The van der Waals surface area contributed by atoms with Crippen LogP contribution < -0.4 is 11.1 Å². The highest BCUT2D eigenvalue weighted by molar-refractivity contribution is 7.99. The predicted molar refractivity (Wildman–Crippen MR) is 79.8 cm³/mol. The van der Waals surface area contributed by atoms with Gasteiger partial charge in [-0.25, -0.2) is 0 Å². The number of hydrogen-bond acceptors (Lipinski definition) is 6. The molecule has 0 spiro atoms. The molecule has 6 nitrogen and oxygen atoms in total. The molecule has 0 radical (unpaired) electrons. The van der Waals surface area contributed by atoms with E-state index in [4.69, 9.17) is 16.1 Å². The minimum Gasteiger partial charge on any atom is -0.480 e. The van der Waals surface area contributed by atoms with Crippen LogP contribution in [-0.4, -0.2) is 34.5 Å². The third-order valence-corrected chi connectivity index (χ3v) is 4.25. The minimum atomic E-state index is -1.01. The van der Waals surface area contributed by atoms with Gasteiger partial charge < -0.3 is 16.2 Å². The molecule has 1 unspecified atom stereocenters. The number of hydrogen-bond donors (Lipinski definition) is 3. The molecular formula is C12H15N3O3S2. The summed E-state index contributed by atoms with van der Waals surface area (Å²) >= 11 is 2.79. The minimum absolute atomic E-state index is 0.154. The maximum absolute atomic E-state index is 11.6. The van der Waals surface area contributed by atoms with Gasteiger partial charge in [-0.05, 0) is 23.6 Å². The van der Waals surface area contributed by atoms with Crippen LogP contribution in [0.1, 0.15) is 18.4 Å². The molecule has 0 saturated heterocycles. The van der Waals surface area contributed by atoms with Crippen molar-refractivity contribution in [2.24, 2.45) is 5.73 Å². The van der Waals surface area contributed by atoms with Crippen molar-refractivity contribution >= 4 is 40.0 Å². The summed E-state index contributed by atoms with van der Waals surface area (Å²) in [6.07, 6.45) is 0.695. The number of carbonyl (C=O) groups is 2. The Kier molecular flexibility index (Phi) is 7.08. The van der Waals surface area contributed by atoms with Crippen molar-refractivity contribution in [3.63, 3.8) is 0 Å². The second-order valence-electron chi connectivity index (χ2n) is 3.92. The van der Waals surface area contributed by atoms with Gasteiger partial charge >= 0.3 is 5.97 Å². The summed E-state index contributed by atoms with van der Waals surface area (Å²) in [5.74, 6) is 0.0262. The molecule has 108 valence electrons. The molecule has 1 amide bonds. The van der Waals surface area contributed by atoms with Crippen molar-refractivity contribution < 1.29 is 14.7 Å². The van der Waals surface area contributed by atoms with Crippen LogP contribution in [0.3, 0.4) is 0 Å². The van der Waals surface area contributed by atoms with Crippen molar-refractivity contribution in [1.82, 2.24) is 0 Å². The van der Waals surface area contributed by atoms with E-state index in [0.717, 1.165) is 0 Å². The molecule has 0 aliphatic heterocycles. The lowest BCUT2D eigenvalue weighted by Crippen LogP contribution is -2.30. The van der Waals surface area contributed by atoms with Gasteiger partial charge in [0.25, 0.3) is 0 Å². The lowest BCUT2D eigenvalue weighted by atomic mass is 10.2. The summed E-state index contributed by atoms with van der Waals surface area (Å²) in [5, 5.41) is 22.4. The number of nitrogens with one attached hydrogen (secondary N) is 1. The van der Waals surface area contributed by atoms with Crippen molar-refractivity contribution in [2.75, 3.05) is 16.8 Å². The van der Waals surface area contributed by atoms with Crippen LogP contribution in [0.25, 0.3) is 0 Å². The fraction of sp³-hybridized carbons (Fsp3) is 0.417. The Morgan fingerprint density at radius 3 is 2.95 bits per heavy atom. The summed E-state index contributed by atoms with van der Waals surface area (Å²) in [6, 6.07) is 2.81. The summed E-state index contributed by atoms with van der Waals surface area (Å²) in [7, 11) is 0. The lowest BCUT2D eigenvalue weighted by Gasteiger charge is -2.06. The number of amides is 1. The number of thioether (sulfide) groups is 1. The Bertz CT molecular complexity index is 510. The predicted octanol–water partition coefficient (Wildman–Crippen LogP) is 1.48. The highest BCUT2D eigenvalue weighted by Crippen LogP contribution is 2.22. The quantitative estimate of drug-likeness (QED) is 0.626. The number of nitrogens with zero attached hydrogens (tertiary/aromatic N) is 1. The first-order valence-corrected chi connectivity index (χ1v) is 7.91. The average molecular weight is 313 g/mol. The van der Waals surface area contributed by atoms with Gasteiger partial charge in [0.1, 0.15) is 17.1 Å². The SMILES string of the molecule is N#Cc1ccsc1NC(=O)CCSCCC(N)C(=O)O. The molecular weight excluding hydrogens is 298 g/mol. The Morgan fingerprint density at radius 2 is 2.30 bits per heavy atom. The van der Waals surface area contributed by atoms with Crippen LogP contribution in [0.4, 0.5) is 5.00 Å². The Balaban J connectivity index is 2.18. The maximum atomic E-state index is 11.6. The molecule has 4 N–H and O–H groups in total. The van der Waals surface area contributed by atoms with Crippen LogP contribution in [-0.2, 0) is 9.59 Å². The molecule has 1 rings (SSSR count). The molecule has 1 aromatic rings. The number of carbonyl (C=O) groups excluding carboxylic acids is 1. The first-order chi connectivity index (χ1) is 9.54. The summed E-state index contributed by atoms with van der Waals surface area (Å²) in [5.41, 5.74) is 5.82. The van der Waals surface area contributed by atoms with Crippen molar-refractivity contribution in [3.8, 4) is 6.07 Å². The van der Waals surface area contributed by atoms with Gasteiger partial charge in [0.15, 0.2) is 0 Å². The highest BCUT2D eigenvalue weighted by atomic mass is 32.2. The van der Waals surface area contributed by atoms with E-state index in [2.05, 4.69) is 5.32 Å². The van der Waals surface area contributed by atoms with Crippen LogP contribution in [0.15, 0.2) is 11.4 Å². The standard InChI is InChI=1S/C12H15N3O3S2/c13-7-8-1-6-20-11(8)15-10(16)3-5-19-4-2-9(14)12(17)18/h1,6,9H,2-5,14H2,(H,15,16)(H,17,18). The molecule has 0 bridgehead atoms. The van der Waals surface area contributed by atoms with E-state index >= 15 is 0 Å². The molecule has 20 heavy (non-hydrogen) atoms. The molecule has 0 fully saturated rings. The van der Waals surface area contributed by atoms with Gasteiger partial charge in [0.05, 0.1) is 5.56 Å². The van der Waals surface area contributed by atoms with E-state index in [0.29, 0.717) is 34.9 Å². The zero-order valence-electron chi connectivity index (χ0n) is 10.7. The number of thiophene rings is 1. The van der Waals surface area contributed by atoms with Crippen LogP contribution >= 0.6 is 23.1 Å². The number of carboxylic acid groups (broad SMARTS) is 1. The maximum Gasteiger partial charge on any atom is 0.320 e. The Labute approximate surface area is 125 Å². The third kappa shape index (κ3) is 5.61. The molecule has 1 aromatic heterocycles. The number of rotatable bonds is 8. The van der Waals surface area contributed by atoms with Crippen molar-refractivity contribution in [3.05, 3.63) is 17.0 Å². The lowest BCUT2D eigenvalue weighted by molar-refractivity contribution is -0.138. The largest absolute Gasteiger partial charge is 0.480 e. The van der Waals surface area contributed by atoms with Crippen molar-refractivity contribution in [1.29, 1.82) is 5.26 Å². The van der Waals surface area contributed by atoms with Gasteiger partial charge in [0.2, 0.25) is 5.91 Å². The normalized spacial score (nSPS) is 11.6. The third-order valence-electron chi connectivity index (χ3n) is 2.40. The van der Waals surface area contributed by atoms with Crippen LogP contribution in [0.2, 0.25) is 0 Å². The smallest absolute Gasteiger partial charge is 0.320 e. The van der Waals surface area contributed by atoms with E-state index in [-0.39, 0.29) is 5.91 Å². The average Bonchev–Trinajstić information content (AvgIpc) is 2.85. The second kappa shape index (κ2) is 8.58. The van der Waals surface area contributed by atoms with Gasteiger partial charge in [-0.1, -0.05) is 0 Å². The van der Waals surface area contributed by atoms with Gasteiger partial charge in [-0.15, -0.1) is 11.3 Å². The Morgan fingerprint density at radius 1 is 1.55 bits per heavy atom. The van der Waals surface area contributed by atoms with E-state index < -0.39 is 12.0 Å². The number of aliphatic carboxylic acids is 1. The number of nitrogens with two attached hydrogens (primary N) is 1. The van der Waals surface area contributed by atoms with E-state index in [1.54, 1.807) is 11.4 Å². The molecule has 8 heteroatoms. The molecule has 0 aliphatic carbocycles. The molecule has 0 aromatic carbocycles. The second-order valence-corrected chi connectivity index (χ2v) is 6.06. The zero-order chi connectivity index (χ0) is 15.0. The number of anilines is 1. The Hall–Kier alpha value is -1.56. The van der Waals surface area contributed by atoms with Crippen molar-refractivity contribution in [2.45, 2.75) is 18.9 Å². The van der Waals surface area contributed by atoms with E-state index in [1.165, 1.54) is 23.1 Å². The van der Waals surface area contributed by atoms with Crippen LogP contribution in [0, 0.1) is 11.3 Å². The fourth-order valence-electron chi connectivity index (χ4n) is 1.28. The molecule has 0 aliphatic rings. The first-order valence-electron chi connectivity index (χ1n) is 5.88. The zero-order valence-corrected chi connectivity index (χ0v) is 12.3. The first kappa shape index (κ1) is 16.5. The monoisotopic (exact) mass is 313 g/mol. The topological polar surface area (TPSA) is 116 Å². The summed E-state index contributed by atoms with van der Waals surface area (Å²) < 4.78 is 0. The van der Waals surface area contributed by atoms with Gasteiger partial charge in [0, 0.05) is 12.2 Å².